The molecule has 0 radical (unpaired) electrons. The van der Waals surface area contributed by atoms with E-state index in [2.05, 4.69) is 20.8 Å². The molecular formula is C6H10O. The number of rotatable bonds is 2. The largest absolute Gasteiger partial charge is 0.854 e. The van der Waals surface area contributed by atoms with Gasteiger partial charge in [-0.15, -0.1) is 6.61 Å². The highest BCUT2D eigenvalue weighted by Crippen LogP contribution is 2.13. The highest BCUT2D eigenvalue weighted by Gasteiger charge is 2.13. The Hall–Kier alpha value is -0.300. The van der Waals surface area contributed by atoms with Gasteiger partial charge < -0.3 is 5.11 Å². The standard InChI is InChI=1S/C6H10O/c1-6(2,3)4-5-7/h1-5H2. The number of hydrogen-bond donors (Lipinski definition) is 0. The van der Waals surface area contributed by atoms with E-state index in [0.717, 1.165) is 0 Å². The maximum Gasteiger partial charge on any atom is 0.117 e. The summed E-state index contributed by atoms with van der Waals surface area (Å²) in [5.74, 6) is 0. The van der Waals surface area contributed by atoms with E-state index in [1.165, 1.54) is 0 Å². The van der Waals surface area contributed by atoms with Crippen LogP contribution in [0.25, 0.3) is 0 Å². The van der Waals surface area contributed by atoms with Crippen molar-refractivity contribution in [3.05, 3.63) is 20.8 Å². The summed E-state index contributed by atoms with van der Waals surface area (Å²) >= 11 is 0. The maximum absolute atomic E-state index is 9.83. The molecule has 0 bridgehead atoms. The zero-order chi connectivity index (χ0) is 5.91. The van der Waals surface area contributed by atoms with E-state index >= 15 is 0 Å². The normalized spacial score (nSPS) is 11.7. The predicted molar refractivity (Wildman–Crippen MR) is 28.0 cm³/mol. The van der Waals surface area contributed by atoms with Crippen molar-refractivity contribution >= 4 is 0 Å². The van der Waals surface area contributed by atoms with E-state index < -0.39 is 5.41 Å². The fourth-order valence-corrected chi connectivity index (χ4v) is 0.217. The minimum absolute atomic E-state index is 0.128. The molecule has 0 unspecified atom stereocenters. The van der Waals surface area contributed by atoms with E-state index in [4.69, 9.17) is 0 Å². The molecule has 0 amide bonds. The molecule has 0 aliphatic heterocycles. The van der Waals surface area contributed by atoms with Gasteiger partial charge in [-0.3, -0.25) is 0 Å². The molecule has 0 aliphatic carbocycles. The first-order chi connectivity index (χ1) is 3.06. The Labute approximate surface area is 45.4 Å². The third-order valence-corrected chi connectivity index (χ3v) is 0.632. The summed E-state index contributed by atoms with van der Waals surface area (Å²) in [6, 6.07) is 0. The van der Waals surface area contributed by atoms with Crippen LogP contribution < -0.4 is 5.11 Å². The van der Waals surface area contributed by atoms with Crippen molar-refractivity contribution in [2.45, 2.75) is 6.42 Å². The summed E-state index contributed by atoms with van der Waals surface area (Å²) in [6.07, 6.45) is 0.451. The molecule has 0 heterocycles. The topological polar surface area (TPSA) is 23.1 Å². The van der Waals surface area contributed by atoms with Crippen LogP contribution in [0.3, 0.4) is 0 Å². The van der Waals surface area contributed by atoms with Gasteiger partial charge in [0.25, 0.3) is 0 Å². The summed E-state index contributed by atoms with van der Waals surface area (Å²) < 4.78 is 0. The lowest BCUT2D eigenvalue weighted by atomic mass is 9.93. The Balaban J connectivity index is 3.15. The first-order valence-electron chi connectivity index (χ1n) is 2.20. The van der Waals surface area contributed by atoms with Crippen molar-refractivity contribution < 1.29 is 5.11 Å². The molecule has 0 aromatic carbocycles. The Morgan fingerprint density at radius 3 is 2.00 bits per heavy atom. The van der Waals surface area contributed by atoms with Crippen LogP contribution in [0, 0.1) is 26.2 Å². The second-order valence-corrected chi connectivity index (χ2v) is 1.95. The Bertz CT molecular complexity index is 42.6. The van der Waals surface area contributed by atoms with Gasteiger partial charge in [-0.2, -0.15) is 0 Å². The van der Waals surface area contributed by atoms with E-state index in [1.54, 1.807) is 0 Å². The molecule has 0 aromatic rings. The molecule has 0 fully saturated rings. The van der Waals surface area contributed by atoms with Crippen LogP contribution in [0.1, 0.15) is 6.42 Å². The summed E-state index contributed by atoms with van der Waals surface area (Å²) in [5.41, 5.74) is -0.512. The van der Waals surface area contributed by atoms with E-state index in [-0.39, 0.29) is 6.61 Å². The van der Waals surface area contributed by atoms with Crippen molar-refractivity contribution in [3.8, 4) is 0 Å². The first kappa shape index (κ1) is 6.70. The van der Waals surface area contributed by atoms with E-state index in [0.29, 0.717) is 6.42 Å². The lowest BCUT2D eigenvalue weighted by molar-refractivity contribution is -0.370. The molecule has 1 heteroatoms. The highest BCUT2D eigenvalue weighted by molar-refractivity contribution is 4.85. The lowest BCUT2D eigenvalue weighted by Crippen LogP contribution is -2.16. The summed E-state index contributed by atoms with van der Waals surface area (Å²) in [7, 11) is 0. The monoisotopic (exact) mass is 98.1 g/mol. The van der Waals surface area contributed by atoms with Gasteiger partial charge in [0.15, 0.2) is 0 Å². The molecule has 0 atom stereocenters. The molecular weight excluding hydrogens is 88.1 g/mol. The van der Waals surface area contributed by atoms with Gasteiger partial charge in [-0.1, -0.05) is 0 Å². The molecule has 0 rings (SSSR count). The van der Waals surface area contributed by atoms with Crippen molar-refractivity contribution in [2.24, 2.45) is 5.41 Å². The van der Waals surface area contributed by atoms with Crippen molar-refractivity contribution in [3.63, 3.8) is 0 Å². The number of hydrogen-bond acceptors (Lipinski definition) is 1. The van der Waals surface area contributed by atoms with Gasteiger partial charge in [0.1, 0.15) is 5.41 Å². The van der Waals surface area contributed by atoms with Crippen LogP contribution in [0.5, 0.6) is 0 Å². The van der Waals surface area contributed by atoms with Crippen LogP contribution in [0.4, 0.5) is 0 Å². The average Bonchev–Trinajstić information content (AvgIpc) is 1.30. The van der Waals surface area contributed by atoms with Crippen molar-refractivity contribution in [1.29, 1.82) is 0 Å². The lowest BCUT2D eigenvalue weighted by Gasteiger charge is -2.12. The van der Waals surface area contributed by atoms with Gasteiger partial charge in [-0.25, -0.2) is 6.92 Å². The van der Waals surface area contributed by atoms with Crippen molar-refractivity contribution in [2.75, 3.05) is 6.61 Å². The van der Waals surface area contributed by atoms with Gasteiger partial charge in [-0.05, 0) is 6.42 Å². The fraction of sp³-hybridized carbons (Fsp3) is 0.500. The predicted octanol–water partition coefficient (Wildman–Crippen LogP) is 0.225. The maximum atomic E-state index is 9.83. The van der Waals surface area contributed by atoms with Crippen LogP contribution in [-0.4, -0.2) is 6.61 Å². The smallest absolute Gasteiger partial charge is 0.117 e. The average molecular weight is 98.1 g/mol. The van der Waals surface area contributed by atoms with E-state index in [9.17, 15) is 5.11 Å². The minimum Gasteiger partial charge on any atom is -0.854 e. The summed E-state index contributed by atoms with van der Waals surface area (Å²) in [6.45, 7) is 10.5. The van der Waals surface area contributed by atoms with Crippen LogP contribution in [-0.2, 0) is 0 Å². The van der Waals surface area contributed by atoms with Crippen LogP contribution in [0.2, 0.25) is 0 Å². The molecule has 0 saturated carbocycles. The van der Waals surface area contributed by atoms with E-state index in [1.807, 2.05) is 0 Å². The quantitative estimate of drug-likeness (QED) is 0.453. The molecule has 0 aromatic heterocycles. The van der Waals surface area contributed by atoms with Crippen molar-refractivity contribution in [1.82, 2.24) is 0 Å². The van der Waals surface area contributed by atoms with Gasteiger partial charge in [0, 0.05) is 0 Å². The fourth-order valence-electron chi connectivity index (χ4n) is 0.217. The second-order valence-electron chi connectivity index (χ2n) is 1.95. The second kappa shape index (κ2) is 2.12. The molecule has 0 aliphatic rings. The molecule has 40 valence electrons. The zero-order valence-corrected chi connectivity index (χ0v) is 4.44. The Morgan fingerprint density at radius 1 is 1.57 bits per heavy atom. The zero-order valence-electron chi connectivity index (χ0n) is 4.44. The molecule has 0 spiro atoms. The molecule has 1 nitrogen and oxygen atoms in total. The highest BCUT2D eigenvalue weighted by atomic mass is 16.3. The third kappa shape index (κ3) is 5.70. The molecule has 7 heavy (non-hydrogen) atoms. The molecule has 0 N–H and O–H groups in total. The molecule has 0 saturated heterocycles. The third-order valence-electron chi connectivity index (χ3n) is 0.632. The summed E-state index contributed by atoms with van der Waals surface area (Å²) in [5, 5.41) is 9.83. The Morgan fingerprint density at radius 2 is 2.00 bits per heavy atom. The SMILES string of the molecule is [CH2+]C([CH2+])([CH2-])CC[O-]. The van der Waals surface area contributed by atoms with Gasteiger partial charge >= 0.3 is 0 Å². The Kier molecular flexibility index (Phi) is 2.03. The minimum atomic E-state index is -0.512. The summed E-state index contributed by atoms with van der Waals surface area (Å²) in [4.78, 5) is 0. The van der Waals surface area contributed by atoms with Gasteiger partial charge in [0.2, 0.25) is 0 Å². The van der Waals surface area contributed by atoms with Crippen LogP contribution >= 0.6 is 0 Å². The van der Waals surface area contributed by atoms with Crippen LogP contribution in [0.15, 0.2) is 0 Å². The first-order valence-corrected chi connectivity index (χ1v) is 2.20. The van der Waals surface area contributed by atoms with Gasteiger partial charge in [0.05, 0.1) is 13.8 Å².